The summed E-state index contributed by atoms with van der Waals surface area (Å²) in [6.07, 6.45) is 2.32. The number of rotatable bonds is 4. The molecule has 0 amide bonds. The number of carboxylic acid groups (broad SMARTS) is 1. The number of piperidine rings is 1. The van der Waals surface area contributed by atoms with Gasteiger partial charge in [-0.05, 0) is 49.9 Å². The van der Waals surface area contributed by atoms with Gasteiger partial charge in [0.05, 0.1) is 11.6 Å². The van der Waals surface area contributed by atoms with Crippen LogP contribution in [0.1, 0.15) is 43.4 Å². The maximum atomic E-state index is 10.8. The Labute approximate surface area is 119 Å². The quantitative estimate of drug-likeness (QED) is 0.915. The minimum absolute atomic E-state index is 0.252. The van der Waals surface area contributed by atoms with Gasteiger partial charge in [-0.2, -0.15) is 5.26 Å². The Morgan fingerprint density at radius 1 is 1.50 bits per heavy atom. The molecule has 0 aliphatic carbocycles. The van der Waals surface area contributed by atoms with Gasteiger partial charge < -0.3 is 5.11 Å². The van der Waals surface area contributed by atoms with Gasteiger partial charge in [0.2, 0.25) is 0 Å². The Hall–Kier alpha value is -1.86. The van der Waals surface area contributed by atoms with Crippen molar-refractivity contribution in [3.05, 3.63) is 35.4 Å². The van der Waals surface area contributed by atoms with E-state index in [2.05, 4.69) is 17.9 Å². The maximum Gasteiger partial charge on any atom is 0.303 e. The summed E-state index contributed by atoms with van der Waals surface area (Å²) in [5.41, 5.74) is 1.85. The molecule has 2 unspecified atom stereocenters. The first-order valence-electron chi connectivity index (χ1n) is 7.06. The van der Waals surface area contributed by atoms with Crippen molar-refractivity contribution in [2.45, 2.75) is 32.2 Å². The topological polar surface area (TPSA) is 64.3 Å². The first-order chi connectivity index (χ1) is 9.60. The zero-order valence-corrected chi connectivity index (χ0v) is 11.7. The van der Waals surface area contributed by atoms with E-state index in [0.717, 1.165) is 25.9 Å². The van der Waals surface area contributed by atoms with E-state index in [-0.39, 0.29) is 18.4 Å². The van der Waals surface area contributed by atoms with Crippen LogP contribution in [0.5, 0.6) is 0 Å². The predicted molar refractivity (Wildman–Crippen MR) is 76.1 cm³/mol. The Morgan fingerprint density at radius 3 is 2.80 bits per heavy atom. The summed E-state index contributed by atoms with van der Waals surface area (Å²) in [6.45, 7) is 4.00. The molecular weight excluding hydrogens is 252 g/mol. The molecule has 4 nitrogen and oxygen atoms in total. The number of carboxylic acids is 1. The molecule has 0 radical (unpaired) electrons. The summed E-state index contributed by atoms with van der Waals surface area (Å²) in [5, 5.41) is 17.7. The number of nitrogens with zero attached hydrogens (tertiary/aromatic N) is 2. The van der Waals surface area contributed by atoms with Crippen LogP contribution in [0.15, 0.2) is 24.3 Å². The number of benzene rings is 1. The largest absolute Gasteiger partial charge is 0.481 e. The van der Waals surface area contributed by atoms with E-state index >= 15 is 0 Å². The summed E-state index contributed by atoms with van der Waals surface area (Å²) in [5.74, 6) is -0.454. The third-order valence-corrected chi connectivity index (χ3v) is 4.08. The molecule has 1 aliphatic heterocycles. The second-order valence-corrected chi connectivity index (χ2v) is 5.51. The monoisotopic (exact) mass is 272 g/mol. The maximum absolute atomic E-state index is 10.8. The zero-order valence-electron chi connectivity index (χ0n) is 11.7. The summed E-state index contributed by atoms with van der Waals surface area (Å²) < 4.78 is 0. The minimum atomic E-state index is -0.706. The lowest BCUT2D eigenvalue weighted by Gasteiger charge is -2.36. The van der Waals surface area contributed by atoms with E-state index in [0.29, 0.717) is 5.56 Å². The fourth-order valence-corrected chi connectivity index (χ4v) is 2.91. The second kappa shape index (κ2) is 6.53. The number of hydrogen-bond acceptors (Lipinski definition) is 3. The van der Waals surface area contributed by atoms with Gasteiger partial charge in [-0.3, -0.25) is 9.69 Å². The summed E-state index contributed by atoms with van der Waals surface area (Å²) in [4.78, 5) is 13.2. The van der Waals surface area contributed by atoms with Crippen LogP contribution in [-0.2, 0) is 4.79 Å². The van der Waals surface area contributed by atoms with Gasteiger partial charge in [-0.15, -0.1) is 0 Å². The summed E-state index contributed by atoms with van der Waals surface area (Å²) >= 11 is 0. The van der Waals surface area contributed by atoms with Crippen molar-refractivity contribution in [3.8, 4) is 6.07 Å². The average Bonchev–Trinajstić information content (AvgIpc) is 2.46. The first-order valence-corrected chi connectivity index (χ1v) is 7.06. The Morgan fingerprint density at radius 2 is 2.20 bits per heavy atom. The number of likely N-dealkylation sites (tertiary alicyclic amines) is 1. The van der Waals surface area contributed by atoms with Crippen molar-refractivity contribution in [1.82, 2.24) is 4.90 Å². The van der Waals surface area contributed by atoms with Crippen LogP contribution in [0.2, 0.25) is 0 Å². The van der Waals surface area contributed by atoms with Crippen LogP contribution >= 0.6 is 0 Å². The lowest BCUT2D eigenvalue weighted by atomic mass is 9.92. The van der Waals surface area contributed by atoms with Crippen LogP contribution in [0.3, 0.4) is 0 Å². The fraction of sp³-hybridized carbons (Fsp3) is 0.500. The van der Waals surface area contributed by atoms with E-state index in [1.807, 2.05) is 24.3 Å². The molecule has 20 heavy (non-hydrogen) atoms. The van der Waals surface area contributed by atoms with E-state index in [4.69, 9.17) is 10.4 Å². The Kier molecular flexibility index (Phi) is 4.75. The van der Waals surface area contributed by atoms with E-state index in [1.54, 1.807) is 0 Å². The third kappa shape index (κ3) is 3.58. The van der Waals surface area contributed by atoms with Crippen molar-refractivity contribution in [2.24, 2.45) is 5.92 Å². The molecule has 1 fully saturated rings. The zero-order chi connectivity index (χ0) is 14.5. The van der Waals surface area contributed by atoms with Gasteiger partial charge in [-0.1, -0.05) is 12.1 Å². The molecule has 0 bridgehead atoms. The number of aliphatic carboxylic acids is 1. The van der Waals surface area contributed by atoms with Gasteiger partial charge in [0, 0.05) is 19.0 Å². The number of hydrogen-bond donors (Lipinski definition) is 1. The molecule has 0 aromatic heterocycles. The molecule has 1 aliphatic rings. The molecule has 0 spiro atoms. The molecule has 1 aromatic carbocycles. The van der Waals surface area contributed by atoms with Crippen molar-refractivity contribution in [2.75, 3.05) is 13.1 Å². The molecule has 2 atom stereocenters. The third-order valence-electron chi connectivity index (χ3n) is 4.08. The minimum Gasteiger partial charge on any atom is -0.481 e. The van der Waals surface area contributed by atoms with Crippen molar-refractivity contribution in [1.29, 1.82) is 5.26 Å². The molecule has 106 valence electrons. The van der Waals surface area contributed by atoms with E-state index in [1.165, 1.54) is 5.56 Å². The molecule has 0 saturated carbocycles. The van der Waals surface area contributed by atoms with Crippen LogP contribution in [0.25, 0.3) is 0 Å². The molecule has 4 heteroatoms. The molecule has 2 rings (SSSR count). The molecule has 1 aromatic rings. The normalized spacial score (nSPS) is 21.1. The van der Waals surface area contributed by atoms with Crippen molar-refractivity contribution in [3.63, 3.8) is 0 Å². The van der Waals surface area contributed by atoms with Gasteiger partial charge >= 0.3 is 5.97 Å². The summed E-state index contributed by atoms with van der Waals surface area (Å²) in [6, 6.07) is 10.0. The highest BCUT2D eigenvalue weighted by molar-refractivity contribution is 5.67. The fourth-order valence-electron chi connectivity index (χ4n) is 2.91. The van der Waals surface area contributed by atoms with Crippen molar-refractivity contribution < 1.29 is 9.90 Å². The van der Waals surface area contributed by atoms with Crippen LogP contribution in [-0.4, -0.2) is 29.1 Å². The Bertz CT molecular complexity index is 504. The lowest BCUT2D eigenvalue weighted by Crippen LogP contribution is -2.37. The highest BCUT2D eigenvalue weighted by Crippen LogP contribution is 2.28. The second-order valence-electron chi connectivity index (χ2n) is 5.51. The molecular formula is C16H20N2O2. The van der Waals surface area contributed by atoms with Crippen LogP contribution in [0, 0.1) is 17.2 Å². The number of carbonyl (C=O) groups is 1. The molecule has 1 saturated heterocycles. The van der Waals surface area contributed by atoms with E-state index in [9.17, 15) is 4.79 Å². The smallest absolute Gasteiger partial charge is 0.303 e. The van der Waals surface area contributed by atoms with Gasteiger partial charge in [0.15, 0.2) is 0 Å². The predicted octanol–water partition coefficient (Wildman–Crippen LogP) is 2.81. The van der Waals surface area contributed by atoms with Crippen molar-refractivity contribution >= 4 is 5.97 Å². The highest BCUT2D eigenvalue weighted by atomic mass is 16.4. The van der Waals surface area contributed by atoms with E-state index < -0.39 is 5.97 Å². The van der Waals surface area contributed by atoms with Crippen LogP contribution in [0.4, 0.5) is 0 Å². The molecule has 1 N–H and O–H groups in total. The standard InChI is InChI=1S/C16H20N2O2/c1-12(15-6-4-13(10-17)5-7-15)18-8-2-3-14(11-18)9-16(19)20/h4-7,12,14H,2-3,8-9,11H2,1H3,(H,19,20). The Balaban J connectivity index is 2.02. The van der Waals surface area contributed by atoms with Crippen LogP contribution < -0.4 is 0 Å². The highest BCUT2D eigenvalue weighted by Gasteiger charge is 2.25. The SMILES string of the molecule is CC(c1ccc(C#N)cc1)N1CCCC(CC(=O)O)C1. The van der Waals surface area contributed by atoms with Gasteiger partial charge in [-0.25, -0.2) is 0 Å². The summed E-state index contributed by atoms with van der Waals surface area (Å²) in [7, 11) is 0. The lowest BCUT2D eigenvalue weighted by molar-refractivity contribution is -0.138. The molecule has 1 heterocycles. The van der Waals surface area contributed by atoms with Gasteiger partial charge in [0.1, 0.15) is 0 Å². The number of nitriles is 1. The average molecular weight is 272 g/mol. The van der Waals surface area contributed by atoms with Gasteiger partial charge in [0.25, 0.3) is 0 Å². The first kappa shape index (κ1) is 14.5.